The van der Waals surface area contributed by atoms with E-state index in [1.165, 1.54) is 6.92 Å². The second-order valence-corrected chi connectivity index (χ2v) is 8.37. The van der Waals surface area contributed by atoms with Crippen LogP contribution in [0.25, 0.3) is 11.3 Å². The van der Waals surface area contributed by atoms with Crippen LogP contribution in [-0.2, 0) is 21.3 Å². The predicted molar refractivity (Wildman–Crippen MR) is 110 cm³/mol. The average molecular weight is 434 g/mol. The Balaban J connectivity index is 2.10. The molecule has 0 atom stereocenters. The SMILES string of the molecule is CCOC(=O)c1c(C)oc(-c2ccc(Cl)cc2)c1S(=O)(=O)NCc1ccccc1. The van der Waals surface area contributed by atoms with E-state index in [1.807, 2.05) is 18.2 Å². The maximum absolute atomic E-state index is 13.2. The van der Waals surface area contributed by atoms with Crippen molar-refractivity contribution in [1.82, 2.24) is 4.72 Å². The largest absolute Gasteiger partial charge is 0.462 e. The van der Waals surface area contributed by atoms with Gasteiger partial charge in [0.05, 0.1) is 6.61 Å². The molecule has 0 saturated carbocycles. The Hall–Kier alpha value is -2.61. The maximum Gasteiger partial charge on any atom is 0.343 e. The Morgan fingerprint density at radius 1 is 1.10 bits per heavy atom. The number of hydrogen-bond acceptors (Lipinski definition) is 5. The molecule has 1 heterocycles. The molecule has 0 aliphatic carbocycles. The molecule has 0 amide bonds. The molecule has 0 fully saturated rings. The zero-order chi connectivity index (χ0) is 21.0. The van der Waals surface area contributed by atoms with Gasteiger partial charge in [-0.1, -0.05) is 41.9 Å². The third-order valence-electron chi connectivity index (χ3n) is 4.20. The topological polar surface area (TPSA) is 85.6 Å². The molecule has 0 saturated heterocycles. The lowest BCUT2D eigenvalue weighted by atomic mass is 10.1. The number of carbonyl (C=O) groups is 1. The molecule has 0 aliphatic rings. The molecule has 3 rings (SSSR count). The van der Waals surface area contributed by atoms with Crippen molar-refractivity contribution >= 4 is 27.6 Å². The second kappa shape index (κ2) is 8.82. The van der Waals surface area contributed by atoms with Gasteiger partial charge in [0.25, 0.3) is 0 Å². The van der Waals surface area contributed by atoms with Gasteiger partial charge in [0.1, 0.15) is 16.2 Å². The zero-order valence-electron chi connectivity index (χ0n) is 15.9. The molecule has 3 aromatic rings. The van der Waals surface area contributed by atoms with E-state index in [9.17, 15) is 13.2 Å². The summed E-state index contributed by atoms with van der Waals surface area (Å²) in [5.41, 5.74) is 1.15. The number of rotatable bonds is 7. The number of benzene rings is 2. The van der Waals surface area contributed by atoms with E-state index >= 15 is 0 Å². The molecule has 8 heteroatoms. The first-order chi connectivity index (χ1) is 13.8. The van der Waals surface area contributed by atoms with Crippen molar-refractivity contribution < 1.29 is 22.4 Å². The van der Waals surface area contributed by atoms with E-state index in [0.29, 0.717) is 10.6 Å². The molecule has 1 N–H and O–H groups in total. The Morgan fingerprint density at radius 2 is 1.76 bits per heavy atom. The van der Waals surface area contributed by atoms with E-state index in [0.717, 1.165) is 5.56 Å². The highest BCUT2D eigenvalue weighted by molar-refractivity contribution is 7.89. The summed E-state index contributed by atoms with van der Waals surface area (Å²) in [6.07, 6.45) is 0. The van der Waals surface area contributed by atoms with Crippen molar-refractivity contribution in [3.8, 4) is 11.3 Å². The number of aryl methyl sites for hydroxylation is 1. The Kier molecular flexibility index (Phi) is 6.42. The van der Waals surface area contributed by atoms with E-state index in [2.05, 4.69) is 4.72 Å². The van der Waals surface area contributed by atoms with Crippen LogP contribution < -0.4 is 4.72 Å². The van der Waals surface area contributed by atoms with Crippen LogP contribution in [0.4, 0.5) is 0 Å². The molecule has 0 bridgehead atoms. The van der Waals surface area contributed by atoms with E-state index < -0.39 is 16.0 Å². The summed E-state index contributed by atoms with van der Waals surface area (Å²) in [6.45, 7) is 3.35. The van der Waals surface area contributed by atoms with Gasteiger partial charge in [-0.15, -0.1) is 0 Å². The fourth-order valence-electron chi connectivity index (χ4n) is 2.86. The number of sulfonamides is 1. The smallest absolute Gasteiger partial charge is 0.343 e. The van der Waals surface area contributed by atoms with Crippen LogP contribution in [0.2, 0.25) is 5.02 Å². The minimum Gasteiger partial charge on any atom is -0.462 e. The van der Waals surface area contributed by atoms with Gasteiger partial charge in [-0.2, -0.15) is 0 Å². The lowest BCUT2D eigenvalue weighted by molar-refractivity contribution is 0.0520. The molecular weight excluding hydrogens is 414 g/mol. The van der Waals surface area contributed by atoms with Gasteiger partial charge >= 0.3 is 5.97 Å². The predicted octanol–water partition coefficient (Wildman–Crippen LogP) is 4.56. The summed E-state index contributed by atoms with van der Waals surface area (Å²) in [4.78, 5) is 12.3. The Morgan fingerprint density at radius 3 is 2.38 bits per heavy atom. The molecule has 2 aromatic carbocycles. The summed E-state index contributed by atoms with van der Waals surface area (Å²) in [6, 6.07) is 15.6. The summed E-state index contributed by atoms with van der Waals surface area (Å²) >= 11 is 5.94. The average Bonchev–Trinajstić information content (AvgIpc) is 3.06. The summed E-state index contributed by atoms with van der Waals surface area (Å²) in [5.74, 6) is -0.537. The highest BCUT2D eigenvalue weighted by Gasteiger charge is 2.34. The first-order valence-electron chi connectivity index (χ1n) is 8.93. The Labute approximate surface area is 174 Å². The van der Waals surface area contributed by atoms with Gasteiger partial charge < -0.3 is 9.15 Å². The molecule has 6 nitrogen and oxygen atoms in total. The quantitative estimate of drug-likeness (QED) is 0.552. The van der Waals surface area contributed by atoms with Crippen molar-refractivity contribution in [2.45, 2.75) is 25.3 Å². The van der Waals surface area contributed by atoms with Gasteiger partial charge in [0.15, 0.2) is 5.76 Å². The molecule has 29 heavy (non-hydrogen) atoms. The normalized spacial score (nSPS) is 11.4. The molecule has 0 spiro atoms. The maximum atomic E-state index is 13.2. The van der Waals surface area contributed by atoms with E-state index in [-0.39, 0.29) is 35.1 Å². The summed E-state index contributed by atoms with van der Waals surface area (Å²) < 4.78 is 39.7. The number of hydrogen-bond donors (Lipinski definition) is 1. The third-order valence-corrected chi connectivity index (χ3v) is 5.91. The molecule has 1 aromatic heterocycles. The number of nitrogens with one attached hydrogen (secondary N) is 1. The van der Waals surface area contributed by atoms with Gasteiger partial charge in [-0.3, -0.25) is 0 Å². The highest BCUT2D eigenvalue weighted by Crippen LogP contribution is 2.36. The minimum absolute atomic E-state index is 0.0581. The number of esters is 1. The van der Waals surface area contributed by atoms with Crippen LogP contribution >= 0.6 is 11.6 Å². The molecule has 0 aliphatic heterocycles. The number of ether oxygens (including phenoxy) is 1. The fraction of sp³-hybridized carbons (Fsp3) is 0.190. The highest BCUT2D eigenvalue weighted by atomic mass is 35.5. The van der Waals surface area contributed by atoms with Crippen molar-refractivity contribution in [3.05, 3.63) is 76.5 Å². The lowest BCUT2D eigenvalue weighted by Gasteiger charge is -2.10. The van der Waals surface area contributed by atoms with Crippen LogP contribution in [0.1, 0.15) is 28.6 Å². The first kappa shape index (κ1) is 21.1. The van der Waals surface area contributed by atoms with Gasteiger partial charge in [0, 0.05) is 17.1 Å². The van der Waals surface area contributed by atoms with Crippen molar-refractivity contribution in [2.75, 3.05) is 6.61 Å². The van der Waals surface area contributed by atoms with Crippen LogP contribution in [-0.4, -0.2) is 21.0 Å². The molecule has 0 unspecified atom stereocenters. The second-order valence-electron chi connectivity index (χ2n) is 6.23. The van der Waals surface area contributed by atoms with Crippen molar-refractivity contribution in [1.29, 1.82) is 0 Å². The van der Waals surface area contributed by atoms with Crippen molar-refractivity contribution in [3.63, 3.8) is 0 Å². The van der Waals surface area contributed by atoms with Crippen molar-refractivity contribution in [2.24, 2.45) is 0 Å². The Bertz CT molecular complexity index is 1110. The van der Waals surface area contributed by atoms with Gasteiger partial charge in [0.2, 0.25) is 10.0 Å². The lowest BCUT2D eigenvalue weighted by Crippen LogP contribution is -2.25. The third kappa shape index (κ3) is 4.70. The molecule has 152 valence electrons. The monoisotopic (exact) mass is 433 g/mol. The van der Waals surface area contributed by atoms with Crippen LogP contribution in [0.15, 0.2) is 63.9 Å². The minimum atomic E-state index is -4.10. The molecule has 0 radical (unpaired) electrons. The number of carbonyl (C=O) groups excluding carboxylic acids is 1. The van der Waals surface area contributed by atoms with E-state index in [1.54, 1.807) is 43.3 Å². The van der Waals surface area contributed by atoms with Crippen LogP contribution in [0.5, 0.6) is 0 Å². The molecular formula is C21H20ClNO5S. The van der Waals surface area contributed by atoms with E-state index in [4.69, 9.17) is 20.8 Å². The standard InChI is InChI=1S/C21H20ClNO5S/c1-3-27-21(24)18-14(2)28-19(16-9-11-17(22)12-10-16)20(18)29(25,26)23-13-15-7-5-4-6-8-15/h4-12,23H,3,13H2,1-2H3. The summed E-state index contributed by atoms with van der Waals surface area (Å²) in [7, 11) is -4.10. The fourth-order valence-corrected chi connectivity index (χ4v) is 4.38. The summed E-state index contributed by atoms with van der Waals surface area (Å²) in [5, 5.41) is 0.495. The number of halogens is 1. The first-order valence-corrected chi connectivity index (χ1v) is 10.8. The zero-order valence-corrected chi connectivity index (χ0v) is 17.5. The van der Waals surface area contributed by atoms with Gasteiger partial charge in [-0.25, -0.2) is 17.9 Å². The van der Waals surface area contributed by atoms with Gasteiger partial charge in [-0.05, 0) is 43.7 Å². The van der Waals surface area contributed by atoms with Crippen LogP contribution in [0.3, 0.4) is 0 Å². The number of furan rings is 1. The van der Waals surface area contributed by atoms with Crippen LogP contribution in [0, 0.1) is 6.92 Å².